The number of hydrogen-bond donors (Lipinski definition) is 3. The van der Waals surface area contributed by atoms with Gasteiger partial charge in [-0.2, -0.15) is 0 Å². The molecule has 0 radical (unpaired) electrons. The second kappa shape index (κ2) is 8.25. The van der Waals surface area contributed by atoms with E-state index in [0.29, 0.717) is 22.8 Å². The number of carbonyl (C=O) groups excluding carboxylic acids is 1. The summed E-state index contributed by atoms with van der Waals surface area (Å²) < 4.78 is 40.4. The highest BCUT2D eigenvalue weighted by Gasteiger charge is 2.25. The third-order valence-corrected chi connectivity index (χ3v) is 5.40. The monoisotopic (exact) mass is 464 g/mol. The first kappa shape index (κ1) is 21.2. The maximum Gasteiger partial charge on any atom is 0.257 e. The van der Waals surface area contributed by atoms with Crippen molar-refractivity contribution >= 4 is 38.9 Å². The minimum Gasteiger partial charge on any atom is -0.338 e. The minimum absolute atomic E-state index is 0.113. The van der Waals surface area contributed by atoms with Crippen molar-refractivity contribution in [3.05, 3.63) is 59.3 Å². The first-order chi connectivity index (χ1) is 14.7. The van der Waals surface area contributed by atoms with Crippen LogP contribution in [0.5, 0.6) is 0 Å². The number of aromatic nitrogens is 3. The van der Waals surface area contributed by atoms with Crippen LogP contribution in [-0.2, 0) is 10.0 Å². The van der Waals surface area contributed by atoms with Gasteiger partial charge in [-0.25, -0.2) is 22.8 Å². The summed E-state index contributed by atoms with van der Waals surface area (Å²) in [5, 5.41) is 6.13. The Bertz CT molecular complexity index is 1240. The van der Waals surface area contributed by atoms with Crippen LogP contribution >= 0.6 is 11.6 Å². The molecule has 1 aliphatic heterocycles. The Morgan fingerprint density at radius 2 is 1.87 bits per heavy atom. The van der Waals surface area contributed by atoms with Gasteiger partial charge in [0.15, 0.2) is 11.6 Å². The average Bonchev–Trinajstić information content (AvgIpc) is 3.03. The van der Waals surface area contributed by atoms with E-state index in [1.54, 1.807) is 12.3 Å². The van der Waals surface area contributed by atoms with Crippen molar-refractivity contribution in [3.8, 4) is 11.5 Å². The van der Waals surface area contributed by atoms with E-state index in [1.807, 2.05) is 4.57 Å². The SMILES string of the molecule is CS(=O)(=O)Nc1cc(Cl)cc(NC(=O)c2cc(-c3ncc(F)cn3)n(C3CNC3)c2)c1. The number of sulfonamides is 1. The summed E-state index contributed by atoms with van der Waals surface area (Å²) in [5.74, 6) is -0.679. The molecule has 12 heteroatoms. The molecule has 0 unspecified atom stereocenters. The van der Waals surface area contributed by atoms with Crippen molar-refractivity contribution in [2.75, 3.05) is 29.4 Å². The standard InChI is InChI=1S/C19H18ClFN6O3S/c1-31(29,30)26-15-4-12(20)3-14(5-15)25-19(28)11-2-17(18-23-6-13(21)7-24-18)27(10-11)16-8-22-9-16/h2-7,10,16,22,26H,8-9H2,1H3,(H,25,28). The predicted octanol–water partition coefficient (Wildman–Crippen LogP) is 2.51. The molecule has 0 atom stereocenters. The second-order valence-corrected chi connectivity index (χ2v) is 9.30. The summed E-state index contributed by atoms with van der Waals surface area (Å²) in [6, 6.07) is 6.14. The molecule has 3 N–H and O–H groups in total. The van der Waals surface area contributed by atoms with Crippen LogP contribution in [0.15, 0.2) is 42.9 Å². The molecule has 1 saturated heterocycles. The van der Waals surface area contributed by atoms with Crippen molar-refractivity contribution in [2.24, 2.45) is 0 Å². The summed E-state index contributed by atoms with van der Waals surface area (Å²) in [6.45, 7) is 1.44. The van der Waals surface area contributed by atoms with Crippen LogP contribution in [0.25, 0.3) is 11.5 Å². The van der Waals surface area contributed by atoms with Crippen molar-refractivity contribution in [1.29, 1.82) is 0 Å². The fourth-order valence-electron chi connectivity index (χ4n) is 3.14. The summed E-state index contributed by atoms with van der Waals surface area (Å²) in [5.41, 5.74) is 1.47. The number of nitrogens with one attached hydrogen (secondary N) is 3. The fourth-order valence-corrected chi connectivity index (χ4v) is 3.92. The summed E-state index contributed by atoms with van der Waals surface area (Å²) in [7, 11) is -3.50. The highest BCUT2D eigenvalue weighted by Crippen LogP contribution is 2.27. The smallest absolute Gasteiger partial charge is 0.257 e. The molecule has 0 bridgehead atoms. The zero-order valence-corrected chi connectivity index (χ0v) is 17.8. The van der Waals surface area contributed by atoms with Gasteiger partial charge in [-0.15, -0.1) is 0 Å². The highest BCUT2D eigenvalue weighted by molar-refractivity contribution is 7.92. The van der Waals surface area contributed by atoms with E-state index in [9.17, 15) is 17.6 Å². The summed E-state index contributed by atoms with van der Waals surface area (Å²) >= 11 is 6.05. The van der Waals surface area contributed by atoms with Gasteiger partial charge in [-0.05, 0) is 24.3 Å². The highest BCUT2D eigenvalue weighted by atomic mass is 35.5. The normalized spacial score (nSPS) is 14.2. The van der Waals surface area contributed by atoms with Gasteiger partial charge in [0.05, 0.1) is 41.6 Å². The number of amides is 1. The molecule has 3 heterocycles. The largest absolute Gasteiger partial charge is 0.338 e. The van der Waals surface area contributed by atoms with E-state index in [-0.39, 0.29) is 16.8 Å². The van der Waals surface area contributed by atoms with Crippen molar-refractivity contribution in [1.82, 2.24) is 19.9 Å². The number of rotatable bonds is 6. The molecule has 3 aromatic rings. The fraction of sp³-hybridized carbons (Fsp3) is 0.211. The molecule has 1 amide bonds. The number of hydrogen-bond acceptors (Lipinski definition) is 6. The second-order valence-electron chi connectivity index (χ2n) is 7.12. The van der Waals surface area contributed by atoms with Crippen LogP contribution in [0, 0.1) is 5.82 Å². The first-order valence-corrected chi connectivity index (χ1v) is 11.4. The first-order valence-electron chi connectivity index (χ1n) is 9.18. The number of benzene rings is 1. The number of nitrogens with zero attached hydrogens (tertiary/aromatic N) is 3. The van der Waals surface area contributed by atoms with Crippen molar-refractivity contribution in [3.63, 3.8) is 0 Å². The molecule has 0 aliphatic carbocycles. The molecule has 1 fully saturated rings. The molecule has 4 rings (SSSR count). The Hall–Kier alpha value is -3.02. The van der Waals surface area contributed by atoms with E-state index in [1.165, 1.54) is 18.2 Å². The van der Waals surface area contributed by atoms with Crippen LogP contribution in [0.3, 0.4) is 0 Å². The van der Waals surface area contributed by atoms with Gasteiger partial charge < -0.3 is 15.2 Å². The van der Waals surface area contributed by atoms with E-state index >= 15 is 0 Å². The number of halogens is 2. The molecule has 162 valence electrons. The quantitative estimate of drug-likeness (QED) is 0.516. The van der Waals surface area contributed by atoms with Gasteiger partial charge in [0.1, 0.15) is 0 Å². The van der Waals surface area contributed by atoms with Gasteiger partial charge in [0.2, 0.25) is 10.0 Å². The van der Waals surface area contributed by atoms with E-state index in [2.05, 4.69) is 25.3 Å². The molecule has 1 aromatic carbocycles. The predicted molar refractivity (Wildman–Crippen MR) is 115 cm³/mol. The van der Waals surface area contributed by atoms with Crippen molar-refractivity contribution in [2.45, 2.75) is 6.04 Å². The lowest BCUT2D eigenvalue weighted by Crippen LogP contribution is -2.43. The number of carbonyl (C=O) groups is 1. The molecule has 1 aliphatic rings. The molecule has 0 saturated carbocycles. The zero-order chi connectivity index (χ0) is 22.2. The van der Waals surface area contributed by atoms with Gasteiger partial charge in [-0.3, -0.25) is 9.52 Å². The Balaban J connectivity index is 1.62. The van der Waals surface area contributed by atoms with Crippen molar-refractivity contribution < 1.29 is 17.6 Å². The lowest BCUT2D eigenvalue weighted by Gasteiger charge is -2.30. The third kappa shape index (κ3) is 5.01. The van der Waals surface area contributed by atoms with E-state index < -0.39 is 21.7 Å². The topological polar surface area (TPSA) is 118 Å². The molecule has 9 nitrogen and oxygen atoms in total. The van der Waals surface area contributed by atoms with E-state index in [4.69, 9.17) is 11.6 Å². The molecule has 2 aromatic heterocycles. The maximum absolute atomic E-state index is 13.2. The van der Waals surface area contributed by atoms with Gasteiger partial charge in [-0.1, -0.05) is 11.6 Å². The molecule has 0 spiro atoms. The summed E-state index contributed by atoms with van der Waals surface area (Å²) in [4.78, 5) is 20.9. The minimum atomic E-state index is -3.50. The zero-order valence-electron chi connectivity index (χ0n) is 16.3. The van der Waals surface area contributed by atoms with Gasteiger partial charge in [0.25, 0.3) is 5.91 Å². The molecular weight excluding hydrogens is 447 g/mol. The number of anilines is 2. The molecular formula is C19H18ClFN6O3S. The van der Waals surface area contributed by atoms with Gasteiger partial charge >= 0.3 is 0 Å². The summed E-state index contributed by atoms with van der Waals surface area (Å²) in [6.07, 6.45) is 4.84. The van der Waals surface area contributed by atoms with E-state index in [0.717, 1.165) is 31.7 Å². The maximum atomic E-state index is 13.2. The Kier molecular flexibility index (Phi) is 5.65. The Morgan fingerprint density at radius 1 is 1.19 bits per heavy atom. The average molecular weight is 465 g/mol. The van der Waals surface area contributed by atoms with Crippen LogP contribution in [0.2, 0.25) is 5.02 Å². The lowest BCUT2D eigenvalue weighted by atomic mass is 10.2. The van der Waals surface area contributed by atoms with Crippen LogP contribution < -0.4 is 15.4 Å². The van der Waals surface area contributed by atoms with Crippen LogP contribution in [-0.4, -0.2) is 48.2 Å². The third-order valence-electron chi connectivity index (χ3n) is 4.57. The Morgan fingerprint density at radius 3 is 2.48 bits per heavy atom. The molecule has 31 heavy (non-hydrogen) atoms. The lowest BCUT2D eigenvalue weighted by molar-refractivity contribution is 0.102. The van der Waals surface area contributed by atoms with Crippen LogP contribution in [0.1, 0.15) is 16.4 Å². The Labute approximate surface area is 182 Å². The van der Waals surface area contributed by atoms with Crippen LogP contribution in [0.4, 0.5) is 15.8 Å². The van der Waals surface area contributed by atoms with Gasteiger partial charge in [0, 0.05) is 30.0 Å².